The van der Waals surface area contributed by atoms with Gasteiger partial charge in [-0.3, -0.25) is 4.79 Å². The largest absolute Gasteiger partial charge is 0.356 e. The number of amides is 1. The lowest BCUT2D eigenvalue weighted by molar-refractivity contribution is -0.121. The van der Waals surface area contributed by atoms with E-state index in [0.717, 1.165) is 25.9 Å². The summed E-state index contributed by atoms with van der Waals surface area (Å²) < 4.78 is 0. The Kier molecular flexibility index (Phi) is 36.7. The first-order valence-corrected chi connectivity index (χ1v) is 17.2. The van der Waals surface area contributed by atoms with E-state index in [-0.39, 0.29) is 5.91 Å². The van der Waals surface area contributed by atoms with Crippen LogP contribution < -0.4 is 10.6 Å². The van der Waals surface area contributed by atoms with E-state index in [4.69, 9.17) is 0 Å². The van der Waals surface area contributed by atoms with E-state index in [0.29, 0.717) is 6.42 Å². The summed E-state index contributed by atoms with van der Waals surface area (Å²) in [5.41, 5.74) is 0. The quantitative estimate of drug-likeness (QED) is 0.0911. The molecule has 0 aromatic rings. The first-order chi connectivity index (χ1) is 18.9. The molecule has 2 N–H and O–H groups in total. The molecule has 0 bridgehead atoms. The van der Waals surface area contributed by atoms with E-state index in [1.54, 1.807) is 0 Å². The lowest BCUT2D eigenvalue weighted by atomic mass is 10.1. The van der Waals surface area contributed by atoms with Gasteiger partial charge in [-0.2, -0.15) is 0 Å². The lowest BCUT2D eigenvalue weighted by Gasteiger charge is -2.09. The molecule has 5 nitrogen and oxygen atoms in total. The molecule has 0 aromatic heterocycles. The molecule has 1 amide bonds. The van der Waals surface area contributed by atoms with Gasteiger partial charge >= 0.3 is 0 Å². The van der Waals surface area contributed by atoms with Crippen molar-refractivity contribution in [1.82, 2.24) is 20.4 Å². The average molecular weight is 555 g/mol. The van der Waals surface area contributed by atoms with E-state index in [1.165, 1.54) is 142 Å². The maximum Gasteiger partial charge on any atom is 0.219 e. The summed E-state index contributed by atoms with van der Waals surface area (Å²) in [6, 6.07) is 0. The summed E-state index contributed by atoms with van der Waals surface area (Å²) in [6.07, 6.45) is 29.0. The third-order valence-electron chi connectivity index (χ3n) is 7.28. The van der Waals surface area contributed by atoms with Crippen molar-refractivity contribution in [1.29, 1.82) is 0 Å². The Labute approximate surface area is 247 Å². The molecule has 0 aliphatic rings. The smallest absolute Gasteiger partial charge is 0.219 e. The van der Waals surface area contributed by atoms with Crippen LogP contribution >= 0.6 is 0 Å². The van der Waals surface area contributed by atoms with Crippen LogP contribution in [-0.2, 0) is 4.79 Å². The Balaban J connectivity index is 0. The Bertz CT molecular complexity index is 456. The summed E-state index contributed by atoms with van der Waals surface area (Å²) in [5, 5.41) is 6.54. The molecule has 0 rings (SSSR count). The molecule has 0 unspecified atom stereocenters. The number of carbonyl (C=O) groups excluding carboxylic acids is 1. The number of unbranched alkanes of at least 4 members (excludes halogenated alkanes) is 17. The summed E-state index contributed by atoms with van der Waals surface area (Å²) >= 11 is 0. The van der Waals surface area contributed by atoms with Gasteiger partial charge < -0.3 is 20.4 Å². The molecule has 0 aromatic carbocycles. The molecule has 0 heterocycles. The minimum Gasteiger partial charge on any atom is -0.356 e. The zero-order chi connectivity index (χ0) is 29.2. The van der Waals surface area contributed by atoms with Crippen LogP contribution in [0.2, 0.25) is 0 Å². The number of rotatable bonds is 29. The zero-order valence-corrected chi connectivity index (χ0v) is 27.9. The van der Waals surface area contributed by atoms with Crippen molar-refractivity contribution in [3.8, 4) is 0 Å². The molecule has 5 heteroatoms. The molecule has 0 saturated carbocycles. The average Bonchev–Trinajstić information content (AvgIpc) is 2.90. The highest BCUT2D eigenvalue weighted by molar-refractivity contribution is 5.75. The van der Waals surface area contributed by atoms with Crippen molar-refractivity contribution < 1.29 is 4.79 Å². The van der Waals surface area contributed by atoms with Crippen molar-refractivity contribution in [2.24, 2.45) is 0 Å². The third-order valence-corrected chi connectivity index (χ3v) is 7.28. The standard InChI is InChI=1S/C17H36N2O.C17H38N2/c1-4-5-6-7-8-9-10-11-12-14-17(20)18-15-13-16-19(2)3;1-4-5-6-7-8-9-10-11-12-13-15-18-16-14-17-19(2)3/h4-16H2,1-3H3,(H,18,20);18H,4-17H2,1-3H3. The minimum absolute atomic E-state index is 0.228. The van der Waals surface area contributed by atoms with Gasteiger partial charge in [0, 0.05) is 13.0 Å². The van der Waals surface area contributed by atoms with Gasteiger partial charge in [-0.25, -0.2) is 0 Å². The highest BCUT2D eigenvalue weighted by Crippen LogP contribution is 2.11. The van der Waals surface area contributed by atoms with Crippen LogP contribution in [0.25, 0.3) is 0 Å². The molecular formula is C34H74N4O. The highest BCUT2D eigenvalue weighted by atomic mass is 16.1. The molecule has 0 spiro atoms. The SMILES string of the molecule is CCCCCCCCCCCC(=O)NCCCN(C)C.CCCCCCCCCCCCNCCCN(C)C. The molecule has 0 aliphatic carbocycles. The zero-order valence-electron chi connectivity index (χ0n) is 27.9. The van der Waals surface area contributed by atoms with Gasteiger partial charge in [0.25, 0.3) is 0 Å². The first-order valence-electron chi connectivity index (χ1n) is 17.2. The number of hydrogen-bond donors (Lipinski definition) is 2. The van der Waals surface area contributed by atoms with Crippen LogP contribution in [0.15, 0.2) is 0 Å². The predicted molar refractivity (Wildman–Crippen MR) is 176 cm³/mol. The molecule has 39 heavy (non-hydrogen) atoms. The highest BCUT2D eigenvalue weighted by Gasteiger charge is 2.01. The normalized spacial score (nSPS) is 11.2. The second-order valence-electron chi connectivity index (χ2n) is 12.2. The third kappa shape index (κ3) is 42.0. The second-order valence-corrected chi connectivity index (χ2v) is 12.2. The van der Waals surface area contributed by atoms with Gasteiger partial charge in [0.1, 0.15) is 0 Å². The fourth-order valence-electron chi connectivity index (χ4n) is 4.69. The molecular weight excluding hydrogens is 480 g/mol. The maximum absolute atomic E-state index is 11.6. The molecule has 0 fully saturated rings. The lowest BCUT2D eigenvalue weighted by Crippen LogP contribution is -2.26. The summed E-state index contributed by atoms with van der Waals surface area (Å²) in [5.74, 6) is 0.228. The topological polar surface area (TPSA) is 47.6 Å². The van der Waals surface area contributed by atoms with Crippen LogP contribution in [0.5, 0.6) is 0 Å². The Morgan fingerprint density at radius 3 is 1.26 bits per heavy atom. The van der Waals surface area contributed by atoms with Crippen LogP contribution in [0.1, 0.15) is 155 Å². The monoisotopic (exact) mass is 555 g/mol. The van der Waals surface area contributed by atoms with Crippen molar-refractivity contribution >= 4 is 5.91 Å². The number of carbonyl (C=O) groups is 1. The maximum atomic E-state index is 11.6. The molecule has 236 valence electrons. The van der Waals surface area contributed by atoms with Gasteiger partial charge in [0.15, 0.2) is 0 Å². The van der Waals surface area contributed by atoms with Gasteiger partial charge in [-0.05, 0) is 80.1 Å². The molecule has 0 radical (unpaired) electrons. The fraction of sp³-hybridized carbons (Fsp3) is 0.971. The van der Waals surface area contributed by atoms with E-state index < -0.39 is 0 Å². The second kappa shape index (κ2) is 35.4. The van der Waals surface area contributed by atoms with Crippen LogP contribution in [-0.4, -0.2) is 76.6 Å². The van der Waals surface area contributed by atoms with Gasteiger partial charge in [-0.1, -0.05) is 123 Å². The number of nitrogens with zero attached hydrogens (tertiary/aromatic N) is 2. The van der Waals surface area contributed by atoms with Gasteiger partial charge in [-0.15, -0.1) is 0 Å². The van der Waals surface area contributed by atoms with E-state index in [1.807, 2.05) is 0 Å². The molecule has 0 aliphatic heterocycles. The Morgan fingerprint density at radius 1 is 0.462 bits per heavy atom. The van der Waals surface area contributed by atoms with E-state index in [2.05, 4.69) is 62.5 Å². The summed E-state index contributed by atoms with van der Waals surface area (Å²) in [4.78, 5) is 16.0. The fourth-order valence-corrected chi connectivity index (χ4v) is 4.69. The summed E-state index contributed by atoms with van der Waals surface area (Å²) in [7, 11) is 8.40. The van der Waals surface area contributed by atoms with Crippen molar-refractivity contribution in [3.63, 3.8) is 0 Å². The van der Waals surface area contributed by atoms with Crippen molar-refractivity contribution in [3.05, 3.63) is 0 Å². The molecule has 0 atom stereocenters. The summed E-state index contributed by atoms with van der Waals surface area (Å²) in [6.45, 7) is 9.98. The van der Waals surface area contributed by atoms with Gasteiger partial charge in [0.2, 0.25) is 5.91 Å². The number of nitrogens with one attached hydrogen (secondary N) is 2. The predicted octanol–water partition coefficient (Wildman–Crippen LogP) is 8.42. The van der Waals surface area contributed by atoms with Gasteiger partial charge in [0.05, 0.1) is 0 Å². The van der Waals surface area contributed by atoms with Crippen molar-refractivity contribution in [2.45, 2.75) is 155 Å². The minimum atomic E-state index is 0.228. The van der Waals surface area contributed by atoms with E-state index in [9.17, 15) is 4.79 Å². The van der Waals surface area contributed by atoms with Crippen LogP contribution in [0, 0.1) is 0 Å². The first kappa shape index (κ1) is 40.5. The van der Waals surface area contributed by atoms with E-state index >= 15 is 0 Å². The Hall–Kier alpha value is -0.650. The number of hydrogen-bond acceptors (Lipinski definition) is 4. The van der Waals surface area contributed by atoms with Crippen LogP contribution in [0.3, 0.4) is 0 Å². The van der Waals surface area contributed by atoms with Crippen LogP contribution in [0.4, 0.5) is 0 Å². The van der Waals surface area contributed by atoms with Crippen molar-refractivity contribution in [2.75, 3.05) is 60.9 Å². The Morgan fingerprint density at radius 2 is 0.821 bits per heavy atom. The molecule has 0 saturated heterocycles.